The highest BCUT2D eigenvalue weighted by atomic mass is 19.1. The van der Waals surface area contributed by atoms with E-state index < -0.39 is 98.4 Å². The van der Waals surface area contributed by atoms with Gasteiger partial charge in [-0.1, -0.05) is 0 Å². The average molecular weight is 491 g/mol. The van der Waals surface area contributed by atoms with E-state index in [1.807, 2.05) is 0 Å². The molecular formula is C18H39FN4O10+4. The molecule has 3 rings (SSSR count). The van der Waals surface area contributed by atoms with E-state index in [1.54, 1.807) is 0 Å². The van der Waals surface area contributed by atoms with Gasteiger partial charge in [-0.05, 0) is 0 Å². The van der Waals surface area contributed by atoms with Crippen LogP contribution in [-0.4, -0.2) is 136 Å². The van der Waals surface area contributed by atoms with Crippen LogP contribution < -0.4 is 22.9 Å². The van der Waals surface area contributed by atoms with Crippen LogP contribution in [0.5, 0.6) is 0 Å². The molecule has 3 fully saturated rings. The Balaban J connectivity index is 1.80. The molecule has 1 saturated carbocycles. The molecular weight excluding hydrogens is 451 g/mol. The van der Waals surface area contributed by atoms with Crippen LogP contribution in [0.15, 0.2) is 0 Å². The molecule has 1 aliphatic carbocycles. The monoisotopic (exact) mass is 490 g/mol. The lowest BCUT2D eigenvalue weighted by atomic mass is 9.84. The highest BCUT2D eigenvalue weighted by Crippen LogP contribution is 2.31. The van der Waals surface area contributed by atoms with Crippen LogP contribution in [0.3, 0.4) is 0 Å². The fraction of sp³-hybridized carbons (Fsp3) is 1.00. The lowest BCUT2D eigenvalue weighted by molar-refractivity contribution is -0.537. The molecule has 0 aromatic rings. The number of rotatable bonds is 6. The van der Waals surface area contributed by atoms with Gasteiger partial charge in [-0.2, -0.15) is 0 Å². The summed E-state index contributed by atoms with van der Waals surface area (Å²) in [7, 11) is 0. The lowest BCUT2D eigenvalue weighted by Crippen LogP contribution is -2.84. The third kappa shape index (κ3) is 5.31. The normalized spacial score (nSPS) is 53.7. The van der Waals surface area contributed by atoms with Crippen molar-refractivity contribution in [1.29, 1.82) is 0 Å². The Hall–Kier alpha value is -0.630. The number of hydrogen-bond donors (Lipinski definition) is 10. The molecule has 0 aromatic carbocycles. The molecule has 3 aliphatic rings. The predicted molar refractivity (Wildman–Crippen MR) is 101 cm³/mol. The summed E-state index contributed by atoms with van der Waals surface area (Å²) >= 11 is 0. The number of aliphatic hydroxyl groups excluding tert-OH is 6. The fourth-order valence-electron chi connectivity index (χ4n) is 4.57. The highest BCUT2D eigenvalue weighted by Gasteiger charge is 2.54. The summed E-state index contributed by atoms with van der Waals surface area (Å²) in [5, 5.41) is 61.5. The third-order valence-electron chi connectivity index (χ3n) is 6.73. The van der Waals surface area contributed by atoms with Gasteiger partial charge in [0.2, 0.25) is 6.29 Å². The first-order valence-electron chi connectivity index (χ1n) is 11.1. The van der Waals surface area contributed by atoms with Crippen LogP contribution >= 0.6 is 0 Å². The zero-order chi connectivity index (χ0) is 24.6. The summed E-state index contributed by atoms with van der Waals surface area (Å²) < 4.78 is 36.1. The molecule has 0 bridgehead atoms. The van der Waals surface area contributed by atoms with Crippen molar-refractivity contribution in [2.75, 3.05) is 13.2 Å². The van der Waals surface area contributed by atoms with Crippen molar-refractivity contribution in [2.45, 2.75) is 98.2 Å². The maximum Gasteiger partial charge on any atom is 0.214 e. The van der Waals surface area contributed by atoms with Crippen molar-refractivity contribution < 1.29 is 76.9 Å². The van der Waals surface area contributed by atoms with Gasteiger partial charge in [-0.3, -0.25) is 0 Å². The van der Waals surface area contributed by atoms with Crippen LogP contribution in [0.25, 0.3) is 0 Å². The minimum Gasteiger partial charge on any atom is -0.387 e. The minimum atomic E-state index is -1.74. The molecule has 0 spiro atoms. The van der Waals surface area contributed by atoms with Gasteiger partial charge in [0.15, 0.2) is 12.3 Å². The quantitative estimate of drug-likeness (QED) is 0.168. The summed E-state index contributed by atoms with van der Waals surface area (Å²) in [6.07, 6.45) is -15.6. The molecule has 2 saturated heterocycles. The summed E-state index contributed by atoms with van der Waals surface area (Å²) in [5.41, 5.74) is 15.4. The molecule has 0 aromatic heterocycles. The van der Waals surface area contributed by atoms with E-state index >= 15 is 0 Å². The van der Waals surface area contributed by atoms with Gasteiger partial charge in [0, 0.05) is 0 Å². The summed E-state index contributed by atoms with van der Waals surface area (Å²) in [6, 6.07) is -1.92. The highest BCUT2D eigenvalue weighted by molar-refractivity contribution is 4.97. The van der Waals surface area contributed by atoms with Crippen LogP contribution in [0, 0.1) is 0 Å². The topological polar surface area (TPSA) is 269 Å². The number of ether oxygens (including phenoxy) is 4. The van der Waals surface area contributed by atoms with E-state index in [0.29, 0.717) is 6.42 Å². The lowest BCUT2D eigenvalue weighted by Gasteiger charge is -2.46. The van der Waals surface area contributed by atoms with Crippen LogP contribution in [0.4, 0.5) is 4.39 Å². The van der Waals surface area contributed by atoms with Gasteiger partial charge in [-0.25, -0.2) is 4.39 Å². The second-order valence-corrected chi connectivity index (χ2v) is 9.09. The first-order chi connectivity index (χ1) is 15.5. The molecule has 0 radical (unpaired) electrons. The van der Waals surface area contributed by atoms with Gasteiger partial charge in [-0.15, -0.1) is 0 Å². The Labute approximate surface area is 189 Å². The van der Waals surface area contributed by atoms with E-state index in [1.165, 1.54) is 0 Å². The number of hydrogen-bond acceptors (Lipinski definition) is 10. The molecule has 194 valence electrons. The largest absolute Gasteiger partial charge is 0.387 e. The molecule has 0 unspecified atom stereocenters. The molecule has 0 amide bonds. The minimum absolute atomic E-state index is 0.153. The van der Waals surface area contributed by atoms with Crippen LogP contribution in [-0.2, 0) is 18.9 Å². The zero-order valence-electron chi connectivity index (χ0n) is 18.3. The average Bonchev–Trinajstić information content (AvgIpc) is 2.79. The van der Waals surface area contributed by atoms with E-state index in [4.69, 9.17) is 18.9 Å². The molecule has 33 heavy (non-hydrogen) atoms. The Morgan fingerprint density at radius 2 is 1.27 bits per heavy atom. The third-order valence-corrected chi connectivity index (χ3v) is 6.73. The molecule has 2 aliphatic heterocycles. The Morgan fingerprint density at radius 3 is 1.88 bits per heavy atom. The number of aliphatic hydroxyl groups is 6. The van der Waals surface area contributed by atoms with Crippen molar-refractivity contribution >= 4 is 0 Å². The van der Waals surface area contributed by atoms with Gasteiger partial charge in [0.1, 0.15) is 86.3 Å². The standard InChI is InChI=1S/C18H35FN4O10/c19-2-6-10(25)13(28)14(29)18(30-6)33-16-9(24)4(21)1-5(22)15(16)32-17-8(23)12(27)11(26)7(3-20)31-17/h4-18,24-29H,1-3,20-23H2/p+4/t4-,5+,6-,7-,8-,9+,10-,11-,12-,13-,14-,15-,16-,17-,18+/m1/s1. The Kier molecular flexibility index (Phi) is 8.96. The van der Waals surface area contributed by atoms with Crippen molar-refractivity contribution in [3.63, 3.8) is 0 Å². The number of alkyl halides is 1. The number of halogens is 1. The first-order valence-corrected chi connectivity index (χ1v) is 11.1. The molecule has 2 heterocycles. The van der Waals surface area contributed by atoms with Gasteiger partial charge in [0.05, 0.1) is 6.42 Å². The van der Waals surface area contributed by atoms with Crippen molar-refractivity contribution in [3.05, 3.63) is 0 Å². The Morgan fingerprint density at radius 1 is 0.697 bits per heavy atom. The first kappa shape index (κ1) is 27.0. The van der Waals surface area contributed by atoms with Gasteiger partial charge >= 0.3 is 0 Å². The van der Waals surface area contributed by atoms with E-state index in [2.05, 4.69) is 22.9 Å². The van der Waals surface area contributed by atoms with Crippen LogP contribution in [0.1, 0.15) is 6.42 Å². The van der Waals surface area contributed by atoms with E-state index in [-0.39, 0.29) is 6.54 Å². The summed E-state index contributed by atoms with van der Waals surface area (Å²) in [4.78, 5) is 0. The molecule has 14 nitrogen and oxygen atoms in total. The fourth-order valence-corrected chi connectivity index (χ4v) is 4.57. The SMILES string of the molecule is [NH3+]C[C@H]1O[C@H](O[C@H]2[C@H](O[C@@H]3O[C@H](CF)[C@@H](O)[C@@H](O)[C@H]3O)[C@@H](O)[C@H]([NH3+])C[C@@H]2[NH3+])[C@H]([NH3+])[C@@H](O)[C@@H]1O. The number of quaternary nitrogens is 4. The van der Waals surface area contributed by atoms with Gasteiger partial charge in [0.25, 0.3) is 0 Å². The van der Waals surface area contributed by atoms with Crippen molar-refractivity contribution in [1.82, 2.24) is 0 Å². The van der Waals surface area contributed by atoms with Crippen molar-refractivity contribution in [3.8, 4) is 0 Å². The summed E-state index contributed by atoms with van der Waals surface area (Å²) in [5.74, 6) is 0. The van der Waals surface area contributed by atoms with Crippen LogP contribution in [0.2, 0.25) is 0 Å². The molecule has 15 heteroatoms. The van der Waals surface area contributed by atoms with E-state index in [0.717, 1.165) is 0 Å². The van der Waals surface area contributed by atoms with E-state index in [9.17, 15) is 35.0 Å². The Bertz CT molecular complexity index is 639. The smallest absolute Gasteiger partial charge is 0.214 e. The zero-order valence-corrected chi connectivity index (χ0v) is 18.3. The maximum absolute atomic E-state index is 13.2. The second kappa shape index (κ2) is 11.0. The summed E-state index contributed by atoms with van der Waals surface area (Å²) in [6.45, 7) is -0.987. The maximum atomic E-state index is 13.2. The van der Waals surface area contributed by atoms with Gasteiger partial charge < -0.3 is 72.5 Å². The van der Waals surface area contributed by atoms with Crippen molar-refractivity contribution in [2.24, 2.45) is 0 Å². The molecule has 15 atom stereocenters. The molecule has 18 N–H and O–H groups in total. The predicted octanol–water partition coefficient (Wildman–Crippen LogP) is -9.18. The second-order valence-electron chi connectivity index (χ2n) is 9.09.